The number of ether oxygens (including phenoxy) is 2. The Hall–Kier alpha value is -2.56. The van der Waals surface area contributed by atoms with Crippen LogP contribution >= 0.6 is 24.0 Å². The van der Waals surface area contributed by atoms with Gasteiger partial charge in [-0.3, -0.25) is 10.1 Å². The standard InChI is InChI=1S/C22H28N4O4.HI/c1-29-20-12-9-17(13-21(20)30-2)15-24-22(25-18-5-3-4-6-18)23-14-16-7-10-19(11-8-16)26(27)28;/h7-13,18H,3-6,14-15H2,1-2H3,(H2,23,24,25);1H. The summed E-state index contributed by atoms with van der Waals surface area (Å²) in [5.74, 6) is 2.09. The number of aliphatic imine (C=N–C) groups is 1. The van der Waals surface area contributed by atoms with Gasteiger partial charge in [-0.25, -0.2) is 4.99 Å². The van der Waals surface area contributed by atoms with Gasteiger partial charge >= 0.3 is 0 Å². The topological polar surface area (TPSA) is 98.0 Å². The Kier molecular flexibility index (Phi) is 9.83. The van der Waals surface area contributed by atoms with Crippen LogP contribution in [0.2, 0.25) is 0 Å². The van der Waals surface area contributed by atoms with Gasteiger partial charge in [-0.1, -0.05) is 31.0 Å². The minimum absolute atomic E-state index is 0. The van der Waals surface area contributed by atoms with E-state index in [-0.39, 0.29) is 29.7 Å². The molecule has 168 valence electrons. The molecular formula is C22H29IN4O4. The fourth-order valence-electron chi connectivity index (χ4n) is 3.49. The Morgan fingerprint density at radius 3 is 2.32 bits per heavy atom. The SMILES string of the molecule is COc1ccc(CN=C(NCc2ccc([N+](=O)[O-])cc2)NC2CCCC2)cc1OC.I. The van der Waals surface area contributed by atoms with Crippen LogP contribution in [0.4, 0.5) is 5.69 Å². The number of hydrogen-bond acceptors (Lipinski definition) is 5. The van der Waals surface area contributed by atoms with Crippen LogP contribution in [-0.2, 0) is 13.1 Å². The second-order valence-electron chi connectivity index (χ2n) is 7.26. The summed E-state index contributed by atoms with van der Waals surface area (Å²) >= 11 is 0. The lowest BCUT2D eigenvalue weighted by atomic mass is 10.2. The van der Waals surface area contributed by atoms with E-state index in [0.717, 1.165) is 29.9 Å². The highest BCUT2D eigenvalue weighted by molar-refractivity contribution is 14.0. The van der Waals surface area contributed by atoms with Crippen molar-refractivity contribution in [3.8, 4) is 11.5 Å². The summed E-state index contributed by atoms with van der Waals surface area (Å²) in [7, 11) is 3.23. The molecule has 0 saturated heterocycles. The molecule has 0 unspecified atom stereocenters. The maximum absolute atomic E-state index is 10.8. The van der Waals surface area contributed by atoms with Crippen molar-refractivity contribution in [1.29, 1.82) is 0 Å². The van der Waals surface area contributed by atoms with Crippen molar-refractivity contribution in [2.24, 2.45) is 4.99 Å². The molecule has 8 nitrogen and oxygen atoms in total. The van der Waals surface area contributed by atoms with Gasteiger partial charge in [-0.15, -0.1) is 24.0 Å². The number of hydrogen-bond donors (Lipinski definition) is 2. The average Bonchev–Trinajstić information content (AvgIpc) is 3.28. The third-order valence-electron chi connectivity index (χ3n) is 5.17. The van der Waals surface area contributed by atoms with Gasteiger partial charge in [0.2, 0.25) is 0 Å². The zero-order valence-corrected chi connectivity index (χ0v) is 20.1. The fourth-order valence-corrected chi connectivity index (χ4v) is 3.49. The molecule has 0 aromatic heterocycles. The van der Waals surface area contributed by atoms with Gasteiger partial charge in [-0.2, -0.15) is 0 Å². The molecule has 1 saturated carbocycles. The van der Waals surface area contributed by atoms with Crippen LogP contribution in [0.15, 0.2) is 47.5 Å². The van der Waals surface area contributed by atoms with Crippen molar-refractivity contribution < 1.29 is 14.4 Å². The first-order valence-electron chi connectivity index (χ1n) is 10.1. The quantitative estimate of drug-likeness (QED) is 0.169. The molecule has 0 spiro atoms. The van der Waals surface area contributed by atoms with Gasteiger partial charge in [0.25, 0.3) is 5.69 Å². The summed E-state index contributed by atoms with van der Waals surface area (Å²) in [5.41, 5.74) is 2.05. The third kappa shape index (κ3) is 7.27. The van der Waals surface area contributed by atoms with Crippen molar-refractivity contribution in [3.05, 3.63) is 63.7 Å². The van der Waals surface area contributed by atoms with Crippen molar-refractivity contribution in [2.45, 2.75) is 44.8 Å². The number of nitrogens with zero attached hydrogens (tertiary/aromatic N) is 2. The molecule has 2 aromatic carbocycles. The number of guanidine groups is 1. The third-order valence-corrected chi connectivity index (χ3v) is 5.17. The smallest absolute Gasteiger partial charge is 0.269 e. The maximum atomic E-state index is 10.8. The van der Waals surface area contributed by atoms with Gasteiger partial charge in [0, 0.05) is 24.7 Å². The summed E-state index contributed by atoms with van der Waals surface area (Å²) in [5, 5.41) is 17.7. The molecule has 2 N–H and O–H groups in total. The van der Waals surface area contributed by atoms with Crippen LogP contribution in [0.3, 0.4) is 0 Å². The van der Waals surface area contributed by atoms with Crippen molar-refractivity contribution in [1.82, 2.24) is 10.6 Å². The number of halogens is 1. The highest BCUT2D eigenvalue weighted by Gasteiger charge is 2.16. The Labute approximate surface area is 199 Å². The highest BCUT2D eigenvalue weighted by Crippen LogP contribution is 2.27. The van der Waals surface area contributed by atoms with Crippen LogP contribution < -0.4 is 20.1 Å². The molecule has 31 heavy (non-hydrogen) atoms. The van der Waals surface area contributed by atoms with Crippen LogP contribution in [-0.4, -0.2) is 31.1 Å². The molecule has 0 atom stereocenters. The second-order valence-corrected chi connectivity index (χ2v) is 7.26. The largest absolute Gasteiger partial charge is 0.493 e. The molecule has 0 bridgehead atoms. The van der Waals surface area contributed by atoms with E-state index in [1.54, 1.807) is 26.4 Å². The molecule has 1 fully saturated rings. The van der Waals surface area contributed by atoms with E-state index >= 15 is 0 Å². The number of rotatable bonds is 8. The highest BCUT2D eigenvalue weighted by atomic mass is 127. The van der Waals surface area contributed by atoms with E-state index < -0.39 is 4.92 Å². The van der Waals surface area contributed by atoms with E-state index in [0.29, 0.717) is 30.6 Å². The van der Waals surface area contributed by atoms with Crippen molar-refractivity contribution in [3.63, 3.8) is 0 Å². The first kappa shape index (κ1) is 24.7. The molecular weight excluding hydrogens is 511 g/mol. The number of nitro benzene ring substituents is 1. The monoisotopic (exact) mass is 540 g/mol. The molecule has 1 aliphatic rings. The van der Waals surface area contributed by atoms with E-state index in [9.17, 15) is 10.1 Å². The normalized spacial score (nSPS) is 13.9. The Balaban J connectivity index is 0.00000341. The molecule has 3 rings (SSSR count). The van der Waals surface area contributed by atoms with Crippen LogP contribution in [0.1, 0.15) is 36.8 Å². The zero-order chi connectivity index (χ0) is 21.3. The van der Waals surface area contributed by atoms with E-state index in [4.69, 9.17) is 14.5 Å². The summed E-state index contributed by atoms with van der Waals surface area (Å²) in [6.45, 7) is 1.02. The summed E-state index contributed by atoms with van der Waals surface area (Å²) < 4.78 is 10.7. The Bertz CT molecular complexity index is 884. The van der Waals surface area contributed by atoms with Crippen LogP contribution in [0.25, 0.3) is 0 Å². The molecule has 0 heterocycles. The number of nitrogens with one attached hydrogen (secondary N) is 2. The van der Waals surface area contributed by atoms with E-state index in [1.807, 2.05) is 18.2 Å². The number of benzene rings is 2. The minimum Gasteiger partial charge on any atom is -0.493 e. The predicted molar refractivity (Wildman–Crippen MR) is 131 cm³/mol. The van der Waals surface area contributed by atoms with Crippen molar-refractivity contribution in [2.75, 3.05) is 14.2 Å². The second kappa shape index (κ2) is 12.3. The lowest BCUT2D eigenvalue weighted by molar-refractivity contribution is -0.384. The first-order chi connectivity index (χ1) is 14.6. The van der Waals surface area contributed by atoms with Gasteiger partial charge in [0.15, 0.2) is 17.5 Å². The van der Waals surface area contributed by atoms with Crippen molar-refractivity contribution >= 4 is 35.6 Å². The molecule has 0 aliphatic heterocycles. The number of nitro groups is 1. The molecule has 2 aromatic rings. The number of methoxy groups -OCH3 is 2. The molecule has 0 amide bonds. The lowest BCUT2D eigenvalue weighted by Gasteiger charge is -2.18. The van der Waals surface area contributed by atoms with Gasteiger partial charge in [-0.05, 0) is 36.1 Å². The number of non-ortho nitro benzene ring substituents is 1. The Morgan fingerprint density at radius 2 is 1.71 bits per heavy atom. The fraction of sp³-hybridized carbons (Fsp3) is 0.409. The lowest BCUT2D eigenvalue weighted by Crippen LogP contribution is -2.42. The minimum atomic E-state index is -0.394. The van der Waals surface area contributed by atoms with E-state index in [2.05, 4.69) is 10.6 Å². The summed E-state index contributed by atoms with van der Waals surface area (Å²) in [4.78, 5) is 15.2. The maximum Gasteiger partial charge on any atom is 0.269 e. The average molecular weight is 540 g/mol. The van der Waals surface area contributed by atoms with Crippen LogP contribution in [0, 0.1) is 10.1 Å². The zero-order valence-electron chi connectivity index (χ0n) is 17.8. The molecule has 1 aliphatic carbocycles. The van der Waals surface area contributed by atoms with Crippen LogP contribution in [0.5, 0.6) is 11.5 Å². The summed E-state index contributed by atoms with van der Waals surface area (Å²) in [6.07, 6.45) is 4.72. The Morgan fingerprint density at radius 1 is 1.06 bits per heavy atom. The molecule has 9 heteroatoms. The van der Waals surface area contributed by atoms with Gasteiger partial charge in [0.05, 0.1) is 25.7 Å². The molecule has 0 radical (unpaired) electrons. The predicted octanol–water partition coefficient (Wildman–Crippen LogP) is 4.41. The van der Waals surface area contributed by atoms with Gasteiger partial charge < -0.3 is 20.1 Å². The summed E-state index contributed by atoms with van der Waals surface area (Å²) in [6, 6.07) is 12.7. The van der Waals surface area contributed by atoms with Gasteiger partial charge in [0.1, 0.15) is 0 Å². The first-order valence-corrected chi connectivity index (χ1v) is 10.1. The van der Waals surface area contributed by atoms with E-state index in [1.165, 1.54) is 25.0 Å².